The van der Waals surface area contributed by atoms with Crippen molar-refractivity contribution in [2.24, 2.45) is 5.41 Å². The van der Waals surface area contributed by atoms with Crippen LogP contribution in [0.2, 0.25) is 0 Å². The van der Waals surface area contributed by atoms with Crippen LogP contribution in [0.3, 0.4) is 0 Å². The van der Waals surface area contributed by atoms with Gasteiger partial charge in [0, 0.05) is 0 Å². The van der Waals surface area contributed by atoms with Gasteiger partial charge in [0.2, 0.25) is 6.79 Å². The Bertz CT molecular complexity index is 266. The molecule has 1 N–H and O–H groups in total. The Morgan fingerprint density at radius 3 is 2.20 bits per heavy atom. The quantitative estimate of drug-likeness (QED) is 0.461. The average molecular weight is 238 g/mol. The van der Waals surface area contributed by atoms with Crippen molar-refractivity contribution >= 4 is 13.6 Å². The molecule has 0 aromatic heterocycles. The summed E-state index contributed by atoms with van der Waals surface area (Å²) >= 11 is 0. The Labute approximate surface area is 90.3 Å². The molecule has 0 saturated carbocycles. The molecule has 0 aliphatic rings. The number of hydrogen-bond donors (Lipinski definition) is 1. The van der Waals surface area contributed by atoms with Crippen LogP contribution in [-0.4, -0.2) is 23.3 Å². The van der Waals surface area contributed by atoms with Crippen LogP contribution in [0.1, 0.15) is 34.6 Å². The zero-order chi connectivity index (χ0) is 12.3. The van der Waals surface area contributed by atoms with Crippen LogP contribution in [0.25, 0.3) is 0 Å². The zero-order valence-electron chi connectivity index (χ0n) is 9.81. The number of carbonyl (C=O) groups is 1. The molecule has 0 rings (SSSR count). The summed E-state index contributed by atoms with van der Waals surface area (Å²) in [6, 6.07) is 0. The fraction of sp³-hybridized carbons (Fsp3) is 0.889. The topological polar surface area (TPSA) is 72.8 Å². The molecule has 5 nitrogen and oxygen atoms in total. The van der Waals surface area contributed by atoms with Crippen LogP contribution < -0.4 is 0 Å². The first-order valence-corrected chi connectivity index (χ1v) is 6.36. The summed E-state index contributed by atoms with van der Waals surface area (Å²) in [5.41, 5.74) is -1.15. The van der Waals surface area contributed by atoms with Crippen LogP contribution in [-0.2, 0) is 18.6 Å². The number of ether oxygens (including phenoxy) is 1. The lowest BCUT2D eigenvalue weighted by Gasteiger charge is -2.19. The number of rotatable bonds is 4. The highest BCUT2D eigenvalue weighted by molar-refractivity contribution is 7.53. The Hall–Kier alpha value is -0.380. The summed E-state index contributed by atoms with van der Waals surface area (Å²) < 4.78 is 20.6. The maximum absolute atomic E-state index is 11.3. The number of hydrogen-bond acceptors (Lipinski definition) is 4. The molecule has 0 aliphatic carbocycles. The third kappa shape index (κ3) is 5.30. The Morgan fingerprint density at radius 2 is 1.87 bits per heavy atom. The highest BCUT2D eigenvalue weighted by Crippen LogP contribution is 2.46. The molecule has 1 atom stereocenters. The first-order chi connectivity index (χ1) is 6.57. The molecule has 0 aromatic carbocycles. The second-order valence-corrected chi connectivity index (χ2v) is 7.01. The van der Waals surface area contributed by atoms with Gasteiger partial charge in [0.1, 0.15) is 0 Å². The van der Waals surface area contributed by atoms with Crippen LogP contribution >= 0.6 is 7.60 Å². The summed E-state index contributed by atoms with van der Waals surface area (Å²) in [4.78, 5) is 20.5. The molecule has 0 saturated heterocycles. The van der Waals surface area contributed by atoms with E-state index in [1.807, 2.05) is 0 Å². The predicted molar refractivity (Wildman–Crippen MR) is 56.5 cm³/mol. The smallest absolute Gasteiger partial charge is 0.333 e. The van der Waals surface area contributed by atoms with E-state index in [4.69, 9.17) is 4.74 Å². The van der Waals surface area contributed by atoms with Gasteiger partial charge in [-0.3, -0.25) is 13.9 Å². The molecule has 0 radical (unpaired) electrons. The summed E-state index contributed by atoms with van der Waals surface area (Å²) in [6.07, 6.45) is 0. The molecule has 0 amide bonds. The third-order valence-corrected chi connectivity index (χ3v) is 3.47. The van der Waals surface area contributed by atoms with Crippen molar-refractivity contribution in [3.05, 3.63) is 0 Å². The molecule has 0 bridgehead atoms. The molecule has 15 heavy (non-hydrogen) atoms. The van der Waals surface area contributed by atoms with Crippen molar-refractivity contribution in [3.8, 4) is 0 Å². The number of carbonyl (C=O) groups excluding carboxylic acids is 1. The lowest BCUT2D eigenvalue weighted by Crippen LogP contribution is -2.24. The van der Waals surface area contributed by atoms with Gasteiger partial charge in [-0.05, 0) is 20.8 Å². The van der Waals surface area contributed by atoms with Crippen molar-refractivity contribution in [2.45, 2.75) is 40.3 Å². The van der Waals surface area contributed by atoms with E-state index in [1.54, 1.807) is 34.6 Å². The van der Waals surface area contributed by atoms with Crippen molar-refractivity contribution < 1.29 is 23.5 Å². The average Bonchev–Trinajstić information content (AvgIpc) is 2.01. The SMILES string of the molecule is CC(C)P(=O)(O)OCOC(=O)C(C)(C)C. The first-order valence-electron chi connectivity index (χ1n) is 4.71. The van der Waals surface area contributed by atoms with E-state index in [2.05, 4.69) is 4.52 Å². The van der Waals surface area contributed by atoms with Gasteiger partial charge in [0.25, 0.3) is 0 Å². The lowest BCUT2D eigenvalue weighted by atomic mass is 9.98. The maximum Gasteiger partial charge on any atom is 0.333 e. The first kappa shape index (κ1) is 14.6. The Balaban J connectivity index is 4.02. The van der Waals surface area contributed by atoms with Crippen LogP contribution in [0.5, 0.6) is 0 Å². The molecule has 0 spiro atoms. The lowest BCUT2D eigenvalue weighted by molar-refractivity contribution is -0.159. The molecule has 0 heterocycles. The third-order valence-electron chi connectivity index (χ3n) is 1.69. The summed E-state index contributed by atoms with van der Waals surface area (Å²) in [6.45, 7) is 7.71. The van der Waals surface area contributed by atoms with E-state index in [9.17, 15) is 14.3 Å². The van der Waals surface area contributed by atoms with Gasteiger partial charge in [-0.25, -0.2) is 0 Å². The zero-order valence-corrected chi connectivity index (χ0v) is 10.7. The molecule has 0 fully saturated rings. The molecule has 90 valence electrons. The van der Waals surface area contributed by atoms with E-state index in [0.717, 1.165) is 0 Å². The Morgan fingerprint density at radius 1 is 1.40 bits per heavy atom. The van der Waals surface area contributed by atoms with Crippen LogP contribution in [0.4, 0.5) is 0 Å². The van der Waals surface area contributed by atoms with Crippen molar-refractivity contribution in [1.29, 1.82) is 0 Å². The Kier molecular flexibility index (Phi) is 4.97. The highest BCUT2D eigenvalue weighted by atomic mass is 31.2. The summed E-state index contributed by atoms with van der Waals surface area (Å²) in [5, 5.41) is 0. The largest absolute Gasteiger partial charge is 0.438 e. The predicted octanol–water partition coefficient (Wildman–Crippen LogP) is 2.14. The normalized spacial score (nSPS) is 16.2. The second kappa shape index (κ2) is 5.10. The van der Waals surface area contributed by atoms with E-state index in [1.165, 1.54) is 0 Å². The fourth-order valence-corrected chi connectivity index (χ4v) is 1.02. The molecular weight excluding hydrogens is 219 g/mol. The maximum atomic E-state index is 11.3. The molecule has 0 aliphatic heterocycles. The van der Waals surface area contributed by atoms with Gasteiger partial charge in [-0.1, -0.05) is 13.8 Å². The van der Waals surface area contributed by atoms with E-state index in [-0.39, 0.29) is 0 Å². The van der Waals surface area contributed by atoms with Gasteiger partial charge >= 0.3 is 13.6 Å². The minimum Gasteiger partial charge on any atom is -0.438 e. The van der Waals surface area contributed by atoms with Gasteiger partial charge in [0.15, 0.2) is 0 Å². The number of esters is 1. The van der Waals surface area contributed by atoms with Crippen molar-refractivity contribution in [1.82, 2.24) is 0 Å². The van der Waals surface area contributed by atoms with E-state index < -0.39 is 31.4 Å². The van der Waals surface area contributed by atoms with Gasteiger partial charge < -0.3 is 9.63 Å². The van der Waals surface area contributed by atoms with Gasteiger partial charge in [0.05, 0.1) is 11.1 Å². The monoisotopic (exact) mass is 238 g/mol. The van der Waals surface area contributed by atoms with Crippen molar-refractivity contribution in [2.75, 3.05) is 6.79 Å². The highest BCUT2D eigenvalue weighted by Gasteiger charge is 2.27. The fourth-order valence-electron chi connectivity index (χ4n) is 0.521. The van der Waals surface area contributed by atoms with Crippen LogP contribution in [0.15, 0.2) is 0 Å². The van der Waals surface area contributed by atoms with Crippen molar-refractivity contribution in [3.63, 3.8) is 0 Å². The minimum atomic E-state index is -3.65. The van der Waals surface area contributed by atoms with Gasteiger partial charge in [-0.15, -0.1) is 0 Å². The molecule has 1 unspecified atom stereocenters. The minimum absolute atomic E-state index is 0.466. The summed E-state index contributed by atoms with van der Waals surface area (Å²) in [7, 11) is -3.65. The van der Waals surface area contributed by atoms with E-state index in [0.29, 0.717) is 0 Å². The molecule has 6 heteroatoms. The van der Waals surface area contributed by atoms with Crippen LogP contribution in [0, 0.1) is 5.41 Å². The van der Waals surface area contributed by atoms with E-state index >= 15 is 0 Å². The summed E-state index contributed by atoms with van der Waals surface area (Å²) in [5.74, 6) is -0.466. The standard InChI is InChI=1S/C9H19O5P/c1-7(2)15(11,12)14-6-13-8(10)9(3,4)5/h7H,6H2,1-5H3,(H,11,12). The second-order valence-electron chi connectivity index (χ2n) is 4.59. The molecular formula is C9H19O5P. The van der Waals surface area contributed by atoms with Gasteiger partial charge in [-0.2, -0.15) is 0 Å². The molecule has 0 aromatic rings.